The average molecular weight is 488 g/mol. The van der Waals surface area contributed by atoms with E-state index in [0.29, 0.717) is 40.4 Å². The van der Waals surface area contributed by atoms with E-state index in [1.54, 1.807) is 79.9 Å². The van der Waals surface area contributed by atoms with Gasteiger partial charge in [-0.3, -0.25) is 14.4 Å². The molecular formula is C29H33N3O4. The second-order valence-corrected chi connectivity index (χ2v) is 8.50. The van der Waals surface area contributed by atoms with Crippen LogP contribution in [0.1, 0.15) is 66.2 Å². The Morgan fingerprint density at radius 1 is 0.611 bits per heavy atom. The van der Waals surface area contributed by atoms with Crippen molar-refractivity contribution in [3.8, 4) is 5.75 Å². The van der Waals surface area contributed by atoms with Gasteiger partial charge in [0, 0.05) is 34.6 Å². The minimum Gasteiger partial charge on any atom is -0.497 e. The highest BCUT2D eigenvalue weighted by atomic mass is 16.5. The minimum atomic E-state index is -0.278. The molecule has 0 unspecified atom stereocenters. The number of methoxy groups -OCH3 is 1. The first-order valence-corrected chi connectivity index (χ1v) is 12.2. The second-order valence-electron chi connectivity index (χ2n) is 8.50. The first kappa shape index (κ1) is 26.5. The van der Waals surface area contributed by atoms with Crippen molar-refractivity contribution < 1.29 is 19.1 Å². The molecule has 0 saturated heterocycles. The van der Waals surface area contributed by atoms with Crippen LogP contribution in [0.3, 0.4) is 0 Å². The van der Waals surface area contributed by atoms with Gasteiger partial charge in [0.25, 0.3) is 11.8 Å². The van der Waals surface area contributed by atoms with Gasteiger partial charge in [-0.25, -0.2) is 0 Å². The zero-order chi connectivity index (χ0) is 25.8. The zero-order valence-corrected chi connectivity index (χ0v) is 20.8. The van der Waals surface area contributed by atoms with Crippen molar-refractivity contribution in [1.82, 2.24) is 0 Å². The molecule has 3 N–H and O–H groups in total. The van der Waals surface area contributed by atoms with Crippen LogP contribution in [0.5, 0.6) is 5.75 Å². The number of carbonyl (C=O) groups excluding carboxylic acids is 3. The van der Waals surface area contributed by atoms with E-state index in [-0.39, 0.29) is 17.7 Å². The smallest absolute Gasteiger partial charge is 0.255 e. The van der Waals surface area contributed by atoms with E-state index in [9.17, 15) is 14.4 Å². The Morgan fingerprint density at radius 3 is 1.53 bits per heavy atom. The highest BCUT2D eigenvalue weighted by molar-refractivity contribution is 6.06. The van der Waals surface area contributed by atoms with E-state index in [1.165, 1.54) is 12.8 Å². The molecule has 0 spiro atoms. The topological polar surface area (TPSA) is 96.5 Å². The lowest BCUT2D eigenvalue weighted by atomic mass is 10.1. The summed E-state index contributed by atoms with van der Waals surface area (Å²) in [6.45, 7) is 2.17. The summed E-state index contributed by atoms with van der Waals surface area (Å²) >= 11 is 0. The first-order valence-electron chi connectivity index (χ1n) is 12.2. The lowest BCUT2D eigenvalue weighted by molar-refractivity contribution is -0.116. The molecule has 0 aliphatic carbocycles. The number of ether oxygens (including phenoxy) is 1. The summed E-state index contributed by atoms with van der Waals surface area (Å²) in [6.07, 6.45) is 5.99. The van der Waals surface area contributed by atoms with Gasteiger partial charge in [-0.15, -0.1) is 0 Å². The molecule has 188 valence electrons. The van der Waals surface area contributed by atoms with Crippen molar-refractivity contribution in [2.24, 2.45) is 0 Å². The molecule has 3 aromatic rings. The van der Waals surface area contributed by atoms with Gasteiger partial charge >= 0.3 is 0 Å². The number of carbonyl (C=O) groups is 3. The third-order valence-electron chi connectivity index (χ3n) is 5.69. The van der Waals surface area contributed by atoms with Gasteiger partial charge in [0.1, 0.15) is 5.75 Å². The fourth-order valence-electron chi connectivity index (χ4n) is 3.60. The molecule has 7 nitrogen and oxygen atoms in total. The molecule has 3 rings (SSSR count). The number of benzene rings is 3. The number of unbranched alkanes of at least 4 members (excludes halogenated alkanes) is 4. The fraction of sp³-hybridized carbons (Fsp3) is 0.276. The van der Waals surface area contributed by atoms with Crippen LogP contribution in [0.2, 0.25) is 0 Å². The fourth-order valence-corrected chi connectivity index (χ4v) is 3.60. The Hall–Kier alpha value is -4.13. The summed E-state index contributed by atoms with van der Waals surface area (Å²) in [5.74, 6) is 0.163. The Labute approximate surface area is 212 Å². The summed E-state index contributed by atoms with van der Waals surface area (Å²) in [5.41, 5.74) is 2.83. The number of anilines is 3. The molecule has 3 amide bonds. The standard InChI is InChI=1S/C29H33N3O4/c1-3-4-5-6-7-8-27(33)30-23-13-9-21(10-14-23)28(34)31-24-15-11-22(12-16-24)29(35)32-25-17-19-26(36-2)20-18-25/h9-20H,3-8H2,1-2H3,(H,30,33)(H,31,34)(H,32,35). The SMILES string of the molecule is CCCCCCCC(=O)Nc1ccc(C(=O)Nc2ccc(C(=O)Nc3ccc(OC)cc3)cc2)cc1. The van der Waals surface area contributed by atoms with Crippen LogP contribution in [0.4, 0.5) is 17.1 Å². The largest absolute Gasteiger partial charge is 0.497 e. The van der Waals surface area contributed by atoms with Crippen molar-refractivity contribution in [3.63, 3.8) is 0 Å². The Kier molecular flexibility index (Phi) is 10.1. The summed E-state index contributed by atoms with van der Waals surface area (Å²) in [5, 5.41) is 8.52. The molecule has 0 aromatic heterocycles. The Balaban J connectivity index is 1.48. The van der Waals surface area contributed by atoms with Gasteiger partial charge in [-0.2, -0.15) is 0 Å². The van der Waals surface area contributed by atoms with E-state index < -0.39 is 0 Å². The quantitative estimate of drug-likeness (QED) is 0.254. The number of rotatable bonds is 12. The third kappa shape index (κ3) is 8.27. The molecule has 0 aliphatic rings. The van der Waals surface area contributed by atoms with Crippen molar-refractivity contribution in [1.29, 1.82) is 0 Å². The average Bonchev–Trinajstić information content (AvgIpc) is 2.89. The predicted octanol–water partition coefficient (Wildman–Crippen LogP) is 6.50. The van der Waals surface area contributed by atoms with Crippen molar-refractivity contribution in [2.75, 3.05) is 23.1 Å². The van der Waals surface area contributed by atoms with E-state index in [2.05, 4.69) is 22.9 Å². The van der Waals surface area contributed by atoms with E-state index in [4.69, 9.17) is 4.74 Å². The maximum Gasteiger partial charge on any atom is 0.255 e. The molecule has 3 aromatic carbocycles. The van der Waals surface area contributed by atoms with Crippen LogP contribution < -0.4 is 20.7 Å². The van der Waals surface area contributed by atoms with Crippen molar-refractivity contribution in [3.05, 3.63) is 83.9 Å². The van der Waals surface area contributed by atoms with E-state index in [1.807, 2.05) is 0 Å². The Morgan fingerprint density at radius 2 is 1.06 bits per heavy atom. The molecule has 36 heavy (non-hydrogen) atoms. The minimum absolute atomic E-state index is 0.0141. The van der Waals surface area contributed by atoms with Crippen LogP contribution >= 0.6 is 0 Å². The first-order chi connectivity index (χ1) is 17.5. The highest BCUT2D eigenvalue weighted by Gasteiger charge is 2.10. The van der Waals surface area contributed by atoms with Crippen molar-refractivity contribution in [2.45, 2.75) is 45.4 Å². The molecule has 0 bridgehead atoms. The number of hydrogen-bond donors (Lipinski definition) is 3. The molecular weight excluding hydrogens is 454 g/mol. The van der Waals surface area contributed by atoms with Crippen LogP contribution in [0.25, 0.3) is 0 Å². The van der Waals surface area contributed by atoms with Gasteiger partial charge in [0.2, 0.25) is 5.91 Å². The highest BCUT2D eigenvalue weighted by Crippen LogP contribution is 2.18. The van der Waals surface area contributed by atoms with Gasteiger partial charge < -0.3 is 20.7 Å². The molecule has 0 heterocycles. The molecule has 0 fully saturated rings. The van der Waals surface area contributed by atoms with E-state index >= 15 is 0 Å². The lowest BCUT2D eigenvalue weighted by Gasteiger charge is -2.09. The van der Waals surface area contributed by atoms with Gasteiger partial charge in [0.05, 0.1) is 7.11 Å². The zero-order valence-electron chi connectivity index (χ0n) is 20.8. The number of hydrogen-bond acceptors (Lipinski definition) is 4. The molecule has 0 saturated carbocycles. The molecule has 0 aliphatic heterocycles. The maximum absolute atomic E-state index is 12.6. The number of amides is 3. The van der Waals surface area contributed by atoms with Gasteiger partial charge in [-0.05, 0) is 79.2 Å². The van der Waals surface area contributed by atoms with Crippen LogP contribution in [0.15, 0.2) is 72.8 Å². The van der Waals surface area contributed by atoms with Crippen LogP contribution in [-0.2, 0) is 4.79 Å². The maximum atomic E-state index is 12.6. The monoisotopic (exact) mass is 487 g/mol. The van der Waals surface area contributed by atoms with Crippen LogP contribution in [0, 0.1) is 0 Å². The third-order valence-corrected chi connectivity index (χ3v) is 5.69. The molecule has 0 atom stereocenters. The Bertz CT molecular complexity index is 1140. The molecule has 0 radical (unpaired) electrons. The lowest BCUT2D eigenvalue weighted by Crippen LogP contribution is -2.14. The van der Waals surface area contributed by atoms with Gasteiger partial charge in [0.15, 0.2) is 0 Å². The van der Waals surface area contributed by atoms with Crippen molar-refractivity contribution >= 4 is 34.8 Å². The normalized spacial score (nSPS) is 10.4. The summed E-state index contributed by atoms with van der Waals surface area (Å²) in [7, 11) is 1.58. The van der Waals surface area contributed by atoms with Crippen LogP contribution in [-0.4, -0.2) is 24.8 Å². The molecule has 7 heteroatoms. The summed E-state index contributed by atoms with van der Waals surface area (Å²) in [6, 6.07) is 20.5. The predicted molar refractivity (Wildman–Crippen MR) is 144 cm³/mol. The van der Waals surface area contributed by atoms with E-state index in [0.717, 1.165) is 19.3 Å². The second kappa shape index (κ2) is 13.7. The number of nitrogens with one attached hydrogen (secondary N) is 3. The summed E-state index contributed by atoms with van der Waals surface area (Å²) in [4.78, 5) is 37.2. The van der Waals surface area contributed by atoms with Gasteiger partial charge in [-0.1, -0.05) is 32.6 Å². The summed E-state index contributed by atoms with van der Waals surface area (Å²) < 4.78 is 5.12.